The van der Waals surface area contributed by atoms with Crippen LogP contribution in [0.2, 0.25) is 0 Å². The molecule has 0 saturated carbocycles. The van der Waals surface area contributed by atoms with Crippen LogP contribution in [-0.4, -0.2) is 130 Å². The molecule has 0 unspecified atom stereocenters. The van der Waals surface area contributed by atoms with Gasteiger partial charge in [-0.3, -0.25) is 24.1 Å². The maximum Gasteiger partial charge on any atom is 0.328 e. The minimum absolute atomic E-state index is 0.00568. The predicted octanol–water partition coefficient (Wildman–Crippen LogP) is 4.62. The van der Waals surface area contributed by atoms with Crippen LogP contribution < -0.4 is 5.32 Å². The Morgan fingerprint density at radius 1 is 0.889 bits per heavy atom. The van der Waals surface area contributed by atoms with E-state index in [9.17, 15) is 24.0 Å². The van der Waals surface area contributed by atoms with Crippen molar-refractivity contribution in [1.29, 1.82) is 0 Å². The average Bonchev–Trinajstić information content (AvgIpc) is 3.62. The second kappa shape index (κ2) is 22.3. The van der Waals surface area contributed by atoms with Gasteiger partial charge >= 0.3 is 5.97 Å². The first-order valence-corrected chi connectivity index (χ1v) is 19.7. The molecule has 12 heteroatoms. The van der Waals surface area contributed by atoms with Crippen molar-refractivity contribution in [3.63, 3.8) is 0 Å². The van der Waals surface area contributed by atoms with Gasteiger partial charge < -0.3 is 29.3 Å². The van der Waals surface area contributed by atoms with Gasteiger partial charge in [-0.05, 0) is 50.3 Å². The maximum absolute atomic E-state index is 14.3. The van der Waals surface area contributed by atoms with Crippen molar-refractivity contribution in [2.24, 2.45) is 29.6 Å². The van der Waals surface area contributed by atoms with Crippen LogP contribution in [0.25, 0.3) is 0 Å². The summed E-state index contributed by atoms with van der Waals surface area (Å²) in [5.74, 6) is -2.34. The zero-order valence-electron chi connectivity index (χ0n) is 35.3. The number of hydrogen-bond acceptors (Lipinski definition) is 9. The molecule has 54 heavy (non-hydrogen) atoms. The number of hydrogen-bond donors (Lipinski definition) is 1. The number of rotatable bonds is 22. The molecule has 0 bridgehead atoms. The van der Waals surface area contributed by atoms with Crippen molar-refractivity contribution in [2.45, 2.75) is 123 Å². The van der Waals surface area contributed by atoms with E-state index >= 15 is 0 Å². The Morgan fingerprint density at radius 3 is 2.02 bits per heavy atom. The fraction of sp³-hybridized carbons (Fsp3) is 0.738. The third kappa shape index (κ3) is 12.3. The van der Waals surface area contributed by atoms with Crippen LogP contribution in [0.4, 0.5) is 0 Å². The number of nitrogens with one attached hydrogen (secondary N) is 1. The standard InChI is InChI=1S/C42H70N4O8/c1-14-28(6)38(45(10)41(50)31(26(2)3)24-34(47)37(27(4)5)44(8)9)35(52-11)25-36(48)46-22-18-21-33(46)39(53-12)29(7)40(49)43-32(42(51)54-13)23-30-19-16-15-17-20-30/h15-17,19-20,26-29,31-33,35,37-39H,14,18,21-25H2,1-13H3,(H,43,49)/t28-,29+,31-,32-,33-,35+,37-,38-,39+/m0/s1. The monoisotopic (exact) mass is 759 g/mol. The summed E-state index contributed by atoms with van der Waals surface area (Å²) in [7, 11) is 9.94. The lowest BCUT2D eigenvalue weighted by Crippen LogP contribution is -2.55. The van der Waals surface area contributed by atoms with Gasteiger partial charge in [-0.2, -0.15) is 0 Å². The Morgan fingerprint density at radius 2 is 1.52 bits per heavy atom. The van der Waals surface area contributed by atoms with Crippen LogP contribution in [-0.2, 0) is 44.6 Å². The summed E-state index contributed by atoms with van der Waals surface area (Å²) in [4.78, 5) is 73.8. The number of ether oxygens (including phenoxy) is 3. The molecule has 0 aromatic heterocycles. The van der Waals surface area contributed by atoms with Gasteiger partial charge in [0, 0.05) is 46.6 Å². The lowest BCUT2D eigenvalue weighted by molar-refractivity contribution is -0.150. The van der Waals surface area contributed by atoms with Crippen LogP contribution in [0.3, 0.4) is 0 Å². The fourth-order valence-electron chi connectivity index (χ4n) is 8.26. The Kier molecular flexibility index (Phi) is 19.3. The molecule has 0 aliphatic carbocycles. The highest BCUT2D eigenvalue weighted by molar-refractivity contribution is 5.90. The van der Waals surface area contributed by atoms with Crippen molar-refractivity contribution in [1.82, 2.24) is 20.0 Å². The Hall–Kier alpha value is -3.35. The van der Waals surface area contributed by atoms with Crippen molar-refractivity contribution in [3.8, 4) is 0 Å². The molecule has 0 radical (unpaired) electrons. The van der Waals surface area contributed by atoms with Gasteiger partial charge in [0.15, 0.2) is 5.78 Å². The first-order chi connectivity index (χ1) is 25.4. The largest absolute Gasteiger partial charge is 0.467 e. The zero-order valence-corrected chi connectivity index (χ0v) is 35.3. The number of nitrogens with zero attached hydrogens (tertiary/aromatic N) is 3. The highest BCUT2D eigenvalue weighted by atomic mass is 16.5. The fourth-order valence-corrected chi connectivity index (χ4v) is 8.26. The number of methoxy groups -OCH3 is 3. The van der Waals surface area contributed by atoms with E-state index < -0.39 is 42.1 Å². The summed E-state index contributed by atoms with van der Waals surface area (Å²) in [6.45, 7) is 14.3. The van der Waals surface area contributed by atoms with Gasteiger partial charge in [0.25, 0.3) is 0 Å². The van der Waals surface area contributed by atoms with Crippen LogP contribution in [0.1, 0.15) is 86.1 Å². The normalized spacial score (nSPS) is 19.1. The molecule has 9 atom stereocenters. The van der Waals surface area contributed by atoms with Crippen molar-refractivity contribution in [2.75, 3.05) is 49.0 Å². The molecule has 1 aliphatic heterocycles. The molecular formula is C42H70N4O8. The van der Waals surface area contributed by atoms with Gasteiger partial charge in [0.05, 0.1) is 49.8 Å². The number of benzene rings is 1. The van der Waals surface area contributed by atoms with E-state index in [-0.39, 0.29) is 72.6 Å². The molecule has 1 heterocycles. The number of likely N-dealkylation sites (tertiary alicyclic amines) is 1. The van der Waals surface area contributed by atoms with Crippen LogP contribution in [0.15, 0.2) is 30.3 Å². The first kappa shape index (κ1) is 46.8. The number of carbonyl (C=O) groups excluding carboxylic acids is 5. The zero-order chi connectivity index (χ0) is 40.9. The summed E-state index contributed by atoms with van der Waals surface area (Å²) in [5.41, 5.74) is 0.879. The highest BCUT2D eigenvalue weighted by Crippen LogP contribution is 2.31. The van der Waals surface area contributed by atoms with Crippen LogP contribution >= 0.6 is 0 Å². The molecule has 1 N–H and O–H groups in total. The maximum atomic E-state index is 14.3. The Balaban J connectivity index is 2.29. The van der Waals surface area contributed by atoms with E-state index in [1.807, 2.05) is 77.0 Å². The quantitative estimate of drug-likeness (QED) is 0.168. The number of esters is 1. The number of likely N-dealkylation sites (N-methyl/N-ethyl adjacent to an activating group) is 2. The number of amides is 3. The number of ketones is 1. The molecule has 1 aromatic rings. The minimum Gasteiger partial charge on any atom is -0.467 e. The second-order valence-corrected chi connectivity index (χ2v) is 16.0. The third-order valence-electron chi connectivity index (χ3n) is 11.4. The summed E-state index contributed by atoms with van der Waals surface area (Å²) in [5, 5.41) is 2.86. The molecule has 2 rings (SSSR count). The summed E-state index contributed by atoms with van der Waals surface area (Å²) in [6.07, 6.45) is 1.32. The summed E-state index contributed by atoms with van der Waals surface area (Å²) in [6, 6.07) is 7.41. The second-order valence-electron chi connectivity index (χ2n) is 16.0. The van der Waals surface area contributed by atoms with Crippen LogP contribution in [0.5, 0.6) is 0 Å². The molecule has 12 nitrogen and oxygen atoms in total. The van der Waals surface area contributed by atoms with Crippen molar-refractivity contribution < 1.29 is 38.2 Å². The SMILES string of the molecule is CC[C@H](C)[C@@H]([C@@H](CC(=O)N1CCC[C@H]1[C@H](OC)[C@@H](C)C(=O)N[C@@H](Cc1ccccc1)C(=O)OC)OC)N(C)C(=O)[C@@H](CC(=O)[C@H](C(C)C)N(C)C)C(C)C. The molecule has 3 amide bonds. The van der Waals surface area contributed by atoms with E-state index in [0.29, 0.717) is 13.0 Å². The topological polar surface area (TPSA) is 135 Å². The minimum atomic E-state index is -0.885. The predicted molar refractivity (Wildman–Crippen MR) is 210 cm³/mol. The molecule has 1 aliphatic rings. The Labute approximate surface area is 325 Å². The summed E-state index contributed by atoms with van der Waals surface area (Å²) < 4.78 is 17.0. The van der Waals surface area contributed by atoms with E-state index in [1.54, 1.807) is 30.9 Å². The van der Waals surface area contributed by atoms with Crippen LogP contribution in [0, 0.1) is 29.6 Å². The van der Waals surface area contributed by atoms with E-state index in [0.717, 1.165) is 18.4 Å². The molecule has 1 saturated heterocycles. The number of carbonyl (C=O) groups is 5. The van der Waals surface area contributed by atoms with Gasteiger partial charge in [0.1, 0.15) is 6.04 Å². The third-order valence-corrected chi connectivity index (χ3v) is 11.4. The molecule has 1 fully saturated rings. The van der Waals surface area contributed by atoms with E-state index in [4.69, 9.17) is 14.2 Å². The average molecular weight is 759 g/mol. The lowest BCUT2D eigenvalue weighted by atomic mass is 9.83. The van der Waals surface area contributed by atoms with E-state index in [1.165, 1.54) is 14.2 Å². The van der Waals surface area contributed by atoms with Gasteiger partial charge in [-0.15, -0.1) is 0 Å². The molecule has 306 valence electrons. The van der Waals surface area contributed by atoms with Gasteiger partial charge in [-0.1, -0.05) is 85.2 Å². The summed E-state index contributed by atoms with van der Waals surface area (Å²) >= 11 is 0. The first-order valence-electron chi connectivity index (χ1n) is 19.7. The molecule has 0 spiro atoms. The lowest BCUT2D eigenvalue weighted by Gasteiger charge is -2.41. The van der Waals surface area contributed by atoms with Crippen molar-refractivity contribution >= 4 is 29.5 Å². The number of Topliss-reactive ketones (excluding diaryl/α,β-unsaturated/α-hetero) is 1. The highest BCUT2D eigenvalue weighted by Gasteiger charge is 2.43. The van der Waals surface area contributed by atoms with E-state index in [2.05, 4.69) is 19.2 Å². The molecular weight excluding hydrogens is 688 g/mol. The van der Waals surface area contributed by atoms with Crippen molar-refractivity contribution in [3.05, 3.63) is 35.9 Å². The van der Waals surface area contributed by atoms with Gasteiger partial charge in [0.2, 0.25) is 17.7 Å². The smallest absolute Gasteiger partial charge is 0.328 e. The Bertz CT molecular complexity index is 1350. The molecule has 1 aromatic carbocycles. The van der Waals surface area contributed by atoms with Gasteiger partial charge in [-0.25, -0.2) is 4.79 Å².